The monoisotopic (exact) mass is 602 g/mol. The molecular weight excluding hydrogens is 602 g/mol. The lowest BCUT2D eigenvalue weighted by Crippen LogP contribution is -2.53. The maximum Gasteiger partial charge on any atom is 0.236 e. The first-order valence-electron chi connectivity index (χ1n) is 6.04. The van der Waals surface area contributed by atoms with Gasteiger partial charge in [0.05, 0.1) is 0 Å². The summed E-state index contributed by atoms with van der Waals surface area (Å²) in [6.07, 6.45) is 0. The van der Waals surface area contributed by atoms with Gasteiger partial charge in [-0.15, -0.1) is 0 Å². The van der Waals surface area contributed by atoms with Gasteiger partial charge in [0.25, 0.3) is 0 Å². The predicted octanol–water partition coefficient (Wildman–Crippen LogP) is 7.54. The summed E-state index contributed by atoms with van der Waals surface area (Å²) in [6.45, 7) is 0. The van der Waals surface area contributed by atoms with Crippen LogP contribution < -0.4 is 0 Å². The average molecular weight is 608 g/mol. The molecular formula is C12H6Cl12O2. The summed E-state index contributed by atoms with van der Waals surface area (Å²) in [6, 6.07) is 5.28. The summed E-state index contributed by atoms with van der Waals surface area (Å²) in [5, 5.41) is 15.1. The van der Waals surface area contributed by atoms with E-state index in [0.29, 0.717) is 0 Å². The van der Waals surface area contributed by atoms with E-state index >= 15 is 0 Å². The van der Waals surface area contributed by atoms with E-state index in [2.05, 4.69) is 0 Å². The Kier molecular flexibility index (Phi) is 8.49. The fourth-order valence-electron chi connectivity index (χ4n) is 1.74. The van der Waals surface area contributed by atoms with E-state index in [1.807, 2.05) is 0 Å². The van der Waals surface area contributed by atoms with E-state index in [4.69, 9.17) is 139 Å². The Morgan fingerprint density at radius 1 is 0.500 bits per heavy atom. The molecule has 1 aromatic rings. The zero-order valence-corrected chi connectivity index (χ0v) is 20.8. The van der Waals surface area contributed by atoms with Crippen LogP contribution in [0.4, 0.5) is 0 Å². The summed E-state index contributed by atoms with van der Waals surface area (Å²) in [7, 11) is 0. The van der Waals surface area contributed by atoms with Crippen LogP contribution in [0.3, 0.4) is 0 Å². The smallest absolute Gasteiger partial charge is 0.236 e. The maximum atomic E-state index is 10.4. The van der Waals surface area contributed by atoms with Crippen molar-refractivity contribution in [1.82, 2.24) is 0 Å². The molecule has 0 aliphatic heterocycles. The van der Waals surface area contributed by atoms with Crippen molar-refractivity contribution in [2.75, 3.05) is 0 Å². The van der Waals surface area contributed by atoms with Gasteiger partial charge in [0, 0.05) is 0 Å². The number of benzene rings is 1. The minimum absolute atomic E-state index is 0.287. The third-order valence-corrected chi connectivity index (χ3v) is 8.84. The summed E-state index contributed by atoms with van der Waals surface area (Å²) in [5.74, 6) is 0. The molecule has 150 valence electrons. The van der Waals surface area contributed by atoms with Crippen molar-refractivity contribution in [2.24, 2.45) is 0 Å². The highest BCUT2D eigenvalue weighted by molar-refractivity contribution is 6.73. The molecule has 0 aliphatic rings. The van der Waals surface area contributed by atoms with Gasteiger partial charge < -0.3 is 10.2 Å². The van der Waals surface area contributed by atoms with Crippen LogP contribution in [0.5, 0.6) is 0 Å². The number of aliphatic hydroxyl groups is 2. The Bertz CT molecular complexity index is 602. The molecule has 0 bridgehead atoms. The normalized spacial score (nSPS) is 19.0. The SMILES string of the molecule is OC(Cl)(C(Cl)(Cl)Cl)C(Cl)(Cl)c1ccccc1C(Cl)(Cl)C(O)(Cl)C(Cl)(Cl)Cl. The number of hydrogen-bond donors (Lipinski definition) is 2. The first kappa shape index (κ1) is 26.7. The van der Waals surface area contributed by atoms with Crippen molar-refractivity contribution in [3.8, 4) is 0 Å². The zero-order chi connectivity index (χ0) is 21.0. The van der Waals surface area contributed by atoms with Gasteiger partial charge in [-0.05, 0) is 11.1 Å². The first-order chi connectivity index (χ1) is 11.2. The molecule has 2 unspecified atom stereocenters. The number of rotatable bonds is 4. The van der Waals surface area contributed by atoms with Gasteiger partial charge >= 0.3 is 0 Å². The van der Waals surface area contributed by atoms with Crippen molar-refractivity contribution < 1.29 is 10.2 Å². The largest absolute Gasteiger partial charge is 0.369 e. The molecule has 1 rings (SSSR count). The van der Waals surface area contributed by atoms with Crippen molar-refractivity contribution in [3.05, 3.63) is 35.4 Å². The Morgan fingerprint density at radius 2 is 0.731 bits per heavy atom. The van der Waals surface area contributed by atoms with Gasteiger partial charge in [0.1, 0.15) is 0 Å². The van der Waals surface area contributed by atoms with Gasteiger partial charge in [-0.2, -0.15) is 0 Å². The van der Waals surface area contributed by atoms with Crippen molar-refractivity contribution in [3.63, 3.8) is 0 Å². The molecule has 14 heteroatoms. The van der Waals surface area contributed by atoms with E-state index in [9.17, 15) is 10.2 Å². The van der Waals surface area contributed by atoms with Gasteiger partial charge in [-0.25, -0.2) is 0 Å². The molecule has 2 nitrogen and oxygen atoms in total. The van der Waals surface area contributed by atoms with Crippen LogP contribution in [0.1, 0.15) is 11.1 Å². The van der Waals surface area contributed by atoms with Gasteiger partial charge in [0.15, 0.2) is 8.67 Å². The second kappa shape index (κ2) is 8.28. The van der Waals surface area contributed by atoms with Crippen LogP contribution in [0, 0.1) is 0 Å². The number of hydrogen-bond acceptors (Lipinski definition) is 2. The molecule has 0 saturated heterocycles. The topological polar surface area (TPSA) is 40.5 Å². The average Bonchev–Trinajstić information content (AvgIpc) is 2.44. The van der Waals surface area contributed by atoms with Crippen molar-refractivity contribution in [2.45, 2.75) is 26.4 Å². The molecule has 0 heterocycles. The second-order valence-corrected chi connectivity index (χ2v) is 13.2. The van der Waals surface area contributed by atoms with Crippen LogP contribution >= 0.6 is 139 Å². The second-order valence-electron chi connectivity index (χ2n) is 4.93. The summed E-state index contributed by atoms with van der Waals surface area (Å²) >= 11 is 70.6. The fraction of sp³-hybridized carbons (Fsp3) is 0.500. The summed E-state index contributed by atoms with van der Waals surface area (Å²) in [5.41, 5.74) is -0.573. The standard InChI is InChI=1S/C12H6Cl12O2/c13-7(14,9(17,25)11(19,20)21)5-3-1-2-4-6(5)8(15,16)10(18,26)12(22,23)24/h1-4,25-26H. The van der Waals surface area contributed by atoms with Crippen molar-refractivity contribution >= 4 is 139 Å². The lowest BCUT2D eigenvalue weighted by Gasteiger charge is -2.43. The van der Waals surface area contributed by atoms with E-state index in [-0.39, 0.29) is 11.1 Å². The highest BCUT2D eigenvalue weighted by Gasteiger charge is 2.65. The molecule has 0 aliphatic carbocycles. The molecule has 1 aromatic carbocycles. The lowest BCUT2D eigenvalue weighted by atomic mass is 9.95. The molecule has 0 saturated carbocycles. The lowest BCUT2D eigenvalue weighted by molar-refractivity contribution is 0.105. The Labute approximate surface area is 209 Å². The molecule has 0 radical (unpaired) electrons. The molecule has 2 atom stereocenters. The summed E-state index contributed by atoms with van der Waals surface area (Å²) in [4.78, 5) is 0. The minimum atomic E-state index is -2.89. The highest BCUT2D eigenvalue weighted by atomic mass is 35.6. The minimum Gasteiger partial charge on any atom is -0.369 e. The zero-order valence-electron chi connectivity index (χ0n) is 11.7. The molecule has 26 heavy (non-hydrogen) atoms. The number of alkyl halides is 12. The quantitative estimate of drug-likeness (QED) is 0.347. The molecule has 0 aromatic heterocycles. The van der Waals surface area contributed by atoms with Gasteiger partial charge in [0.2, 0.25) is 17.7 Å². The Morgan fingerprint density at radius 3 is 0.923 bits per heavy atom. The third kappa shape index (κ3) is 4.60. The van der Waals surface area contributed by atoms with Crippen molar-refractivity contribution in [1.29, 1.82) is 0 Å². The fourth-order valence-corrected chi connectivity index (χ4v) is 4.60. The molecule has 0 spiro atoms. The first-order valence-corrected chi connectivity index (χ1v) is 10.6. The van der Waals surface area contributed by atoms with E-state index in [1.54, 1.807) is 0 Å². The van der Waals surface area contributed by atoms with Gasteiger partial charge in [-0.3, -0.25) is 0 Å². The molecule has 0 amide bonds. The molecule has 2 N–H and O–H groups in total. The highest BCUT2D eigenvalue weighted by Crippen LogP contribution is 2.62. The van der Waals surface area contributed by atoms with Crippen LogP contribution in [-0.2, 0) is 8.67 Å². The maximum absolute atomic E-state index is 10.4. The van der Waals surface area contributed by atoms with Crippen LogP contribution in [0.25, 0.3) is 0 Å². The van der Waals surface area contributed by atoms with E-state index < -0.39 is 26.4 Å². The van der Waals surface area contributed by atoms with E-state index in [0.717, 1.165) is 0 Å². The van der Waals surface area contributed by atoms with Crippen LogP contribution in [-0.4, -0.2) is 27.9 Å². The Hall–Kier alpha value is 2.62. The van der Waals surface area contributed by atoms with E-state index in [1.165, 1.54) is 24.3 Å². The Balaban J connectivity index is 3.73. The predicted molar refractivity (Wildman–Crippen MR) is 115 cm³/mol. The summed E-state index contributed by atoms with van der Waals surface area (Å²) < 4.78 is -10.2. The van der Waals surface area contributed by atoms with Gasteiger partial charge in [-0.1, -0.05) is 163 Å². The molecule has 0 fully saturated rings. The third-order valence-electron chi connectivity index (χ3n) is 3.19. The van der Waals surface area contributed by atoms with Crippen LogP contribution in [0.2, 0.25) is 0 Å². The van der Waals surface area contributed by atoms with Crippen LogP contribution in [0.15, 0.2) is 24.3 Å². The number of halogens is 12.